The molecule has 2 atom stereocenters. The number of piperazine rings is 1. The number of nitrogens with zero attached hydrogens (tertiary/aromatic N) is 3. The van der Waals surface area contributed by atoms with Crippen molar-refractivity contribution in [2.45, 2.75) is 32.4 Å². The molecule has 1 fully saturated rings. The summed E-state index contributed by atoms with van der Waals surface area (Å²) in [5.41, 5.74) is 0.654. The van der Waals surface area contributed by atoms with E-state index >= 15 is 0 Å². The summed E-state index contributed by atoms with van der Waals surface area (Å²) in [6.07, 6.45) is 0.00928. The molecule has 18 heavy (non-hydrogen) atoms. The first-order valence-electron chi connectivity index (χ1n) is 6.10. The summed E-state index contributed by atoms with van der Waals surface area (Å²) < 4.78 is 0. The fraction of sp³-hybridized carbons (Fsp3) is 0.667. The standard InChI is InChI=1S/C12H19N3O2S/c1-8-5-15(6-9(2)14(8)3)12-13-10(7-18-12)4-11(16)17/h7-9H,4-6H2,1-3H3,(H,16,17). The molecule has 2 unspecified atom stereocenters. The van der Waals surface area contributed by atoms with E-state index in [0.29, 0.717) is 17.8 Å². The van der Waals surface area contributed by atoms with Crippen LogP contribution in [-0.4, -0.2) is 53.2 Å². The van der Waals surface area contributed by atoms with Gasteiger partial charge in [-0.2, -0.15) is 0 Å². The molecule has 1 N–H and O–H groups in total. The van der Waals surface area contributed by atoms with Crippen molar-refractivity contribution in [2.24, 2.45) is 0 Å². The zero-order chi connectivity index (χ0) is 13.3. The number of anilines is 1. The van der Waals surface area contributed by atoms with Gasteiger partial charge >= 0.3 is 5.97 Å². The first kappa shape index (κ1) is 13.3. The van der Waals surface area contributed by atoms with Crippen LogP contribution in [0.15, 0.2) is 5.38 Å². The lowest BCUT2D eigenvalue weighted by Gasteiger charge is -2.42. The SMILES string of the molecule is CC1CN(c2nc(CC(=O)O)cs2)CC(C)N1C. The molecule has 1 aromatic rings. The highest BCUT2D eigenvalue weighted by atomic mass is 32.1. The number of hydrogen-bond acceptors (Lipinski definition) is 5. The number of carboxylic acid groups (broad SMARTS) is 1. The van der Waals surface area contributed by atoms with Crippen molar-refractivity contribution in [3.63, 3.8) is 0 Å². The lowest BCUT2D eigenvalue weighted by molar-refractivity contribution is -0.136. The van der Waals surface area contributed by atoms with Crippen LogP contribution < -0.4 is 4.90 Å². The maximum atomic E-state index is 10.6. The molecule has 2 heterocycles. The van der Waals surface area contributed by atoms with E-state index in [2.05, 4.69) is 35.7 Å². The minimum Gasteiger partial charge on any atom is -0.481 e. The molecule has 0 spiro atoms. The predicted molar refractivity (Wildman–Crippen MR) is 72.4 cm³/mol. The summed E-state index contributed by atoms with van der Waals surface area (Å²) in [6.45, 7) is 6.30. The predicted octanol–water partition coefficient (Wildman–Crippen LogP) is 1.30. The number of carboxylic acids is 1. The smallest absolute Gasteiger partial charge is 0.309 e. The van der Waals surface area contributed by atoms with E-state index in [9.17, 15) is 4.79 Å². The van der Waals surface area contributed by atoms with Crippen LogP contribution in [0.5, 0.6) is 0 Å². The van der Waals surface area contributed by atoms with Crippen molar-refractivity contribution in [1.29, 1.82) is 0 Å². The number of carbonyl (C=O) groups is 1. The lowest BCUT2D eigenvalue weighted by atomic mass is 10.1. The fourth-order valence-corrected chi connectivity index (χ4v) is 3.08. The van der Waals surface area contributed by atoms with E-state index < -0.39 is 5.97 Å². The van der Waals surface area contributed by atoms with Crippen LogP contribution >= 0.6 is 11.3 Å². The van der Waals surface area contributed by atoms with Gasteiger partial charge in [0.05, 0.1) is 12.1 Å². The molecule has 1 aliphatic rings. The summed E-state index contributed by atoms with van der Waals surface area (Å²) in [5.74, 6) is -0.827. The van der Waals surface area contributed by atoms with Crippen molar-refractivity contribution in [2.75, 3.05) is 25.0 Å². The normalized spacial score (nSPS) is 25.4. The monoisotopic (exact) mass is 269 g/mol. The Morgan fingerprint density at radius 2 is 2.11 bits per heavy atom. The molecule has 5 nitrogen and oxygen atoms in total. The summed E-state index contributed by atoms with van der Waals surface area (Å²) in [4.78, 5) is 19.7. The zero-order valence-corrected chi connectivity index (χ0v) is 11.8. The fourth-order valence-electron chi connectivity index (χ4n) is 2.24. The summed E-state index contributed by atoms with van der Waals surface area (Å²) in [6, 6.07) is 0.973. The highest BCUT2D eigenvalue weighted by Crippen LogP contribution is 2.25. The first-order chi connectivity index (χ1) is 8.47. The molecule has 6 heteroatoms. The van der Waals surface area contributed by atoms with Gasteiger partial charge in [0, 0.05) is 30.6 Å². The lowest BCUT2D eigenvalue weighted by Crippen LogP contribution is -2.55. The Morgan fingerprint density at radius 3 is 2.67 bits per heavy atom. The van der Waals surface area contributed by atoms with Crippen LogP contribution in [0.1, 0.15) is 19.5 Å². The third-order valence-corrected chi connectivity index (χ3v) is 4.45. The molecular weight excluding hydrogens is 250 g/mol. The highest BCUT2D eigenvalue weighted by molar-refractivity contribution is 7.13. The average Bonchev–Trinajstić information content (AvgIpc) is 2.72. The average molecular weight is 269 g/mol. The minimum atomic E-state index is -0.827. The molecule has 0 amide bonds. The van der Waals surface area contributed by atoms with Gasteiger partial charge < -0.3 is 10.0 Å². The van der Waals surface area contributed by atoms with Gasteiger partial charge in [0.1, 0.15) is 0 Å². The first-order valence-corrected chi connectivity index (χ1v) is 6.98. The van der Waals surface area contributed by atoms with Gasteiger partial charge in [-0.15, -0.1) is 11.3 Å². The molecule has 0 saturated carbocycles. The summed E-state index contributed by atoms with van der Waals surface area (Å²) in [5, 5.41) is 11.5. The van der Waals surface area contributed by atoms with Gasteiger partial charge in [-0.1, -0.05) is 0 Å². The third-order valence-electron chi connectivity index (χ3n) is 3.50. The Balaban J connectivity index is 2.07. The largest absolute Gasteiger partial charge is 0.481 e. The maximum Gasteiger partial charge on any atom is 0.309 e. The van der Waals surface area contributed by atoms with Crippen LogP contribution in [0, 0.1) is 0 Å². The molecule has 0 radical (unpaired) electrons. The highest BCUT2D eigenvalue weighted by Gasteiger charge is 2.27. The van der Waals surface area contributed by atoms with E-state index in [1.165, 1.54) is 11.3 Å². The Labute approximate surface area is 111 Å². The van der Waals surface area contributed by atoms with E-state index in [4.69, 9.17) is 5.11 Å². The molecule has 0 bridgehead atoms. The van der Waals surface area contributed by atoms with E-state index in [0.717, 1.165) is 18.2 Å². The summed E-state index contributed by atoms with van der Waals surface area (Å²) in [7, 11) is 2.14. The molecular formula is C12H19N3O2S. The van der Waals surface area contributed by atoms with Gasteiger partial charge in [-0.25, -0.2) is 4.98 Å². The number of likely N-dealkylation sites (N-methyl/N-ethyl adjacent to an activating group) is 1. The second-order valence-electron chi connectivity index (χ2n) is 4.96. The van der Waals surface area contributed by atoms with E-state index in [1.807, 2.05) is 5.38 Å². The molecule has 1 aromatic heterocycles. The van der Waals surface area contributed by atoms with Gasteiger partial charge in [-0.3, -0.25) is 9.69 Å². The van der Waals surface area contributed by atoms with Crippen LogP contribution in [0.25, 0.3) is 0 Å². The van der Waals surface area contributed by atoms with Crippen LogP contribution in [-0.2, 0) is 11.2 Å². The molecule has 0 aromatic carbocycles. The molecule has 100 valence electrons. The quantitative estimate of drug-likeness (QED) is 0.896. The topological polar surface area (TPSA) is 56.7 Å². The molecule has 1 aliphatic heterocycles. The number of aliphatic carboxylic acids is 1. The second kappa shape index (κ2) is 5.24. The van der Waals surface area contributed by atoms with Crippen LogP contribution in [0.2, 0.25) is 0 Å². The Kier molecular flexibility index (Phi) is 3.87. The molecule has 0 aliphatic carbocycles. The van der Waals surface area contributed by atoms with Crippen molar-refractivity contribution in [1.82, 2.24) is 9.88 Å². The zero-order valence-electron chi connectivity index (χ0n) is 11.0. The van der Waals surface area contributed by atoms with Crippen molar-refractivity contribution in [3.05, 3.63) is 11.1 Å². The maximum absolute atomic E-state index is 10.6. The van der Waals surface area contributed by atoms with Gasteiger partial charge in [-0.05, 0) is 20.9 Å². The third kappa shape index (κ3) is 2.81. The Bertz CT molecular complexity index is 423. The van der Waals surface area contributed by atoms with Crippen molar-refractivity contribution < 1.29 is 9.90 Å². The Morgan fingerprint density at radius 1 is 1.50 bits per heavy atom. The van der Waals surface area contributed by atoms with E-state index in [1.54, 1.807) is 0 Å². The van der Waals surface area contributed by atoms with Crippen molar-refractivity contribution >= 4 is 22.4 Å². The molecule has 2 rings (SSSR count). The van der Waals surface area contributed by atoms with Crippen molar-refractivity contribution in [3.8, 4) is 0 Å². The van der Waals surface area contributed by atoms with Crippen LogP contribution in [0.4, 0.5) is 5.13 Å². The second-order valence-corrected chi connectivity index (χ2v) is 5.80. The Hall–Kier alpha value is -1.14. The van der Waals surface area contributed by atoms with Gasteiger partial charge in [0.2, 0.25) is 0 Å². The summed E-state index contributed by atoms with van der Waals surface area (Å²) >= 11 is 1.54. The minimum absolute atomic E-state index is 0.00928. The number of aromatic nitrogens is 1. The molecule has 1 saturated heterocycles. The van der Waals surface area contributed by atoms with E-state index in [-0.39, 0.29) is 6.42 Å². The number of rotatable bonds is 3. The number of hydrogen-bond donors (Lipinski definition) is 1. The number of thiazole rings is 1. The van der Waals surface area contributed by atoms with Gasteiger partial charge in [0.25, 0.3) is 0 Å². The van der Waals surface area contributed by atoms with Crippen LogP contribution in [0.3, 0.4) is 0 Å². The van der Waals surface area contributed by atoms with Gasteiger partial charge in [0.15, 0.2) is 5.13 Å².